The van der Waals surface area contributed by atoms with E-state index in [0.29, 0.717) is 24.6 Å². The number of carbonyl (C=O) groups is 1. The topological polar surface area (TPSA) is 127 Å². The highest BCUT2D eigenvalue weighted by atomic mass is 16.5. The Kier molecular flexibility index (Phi) is 3.17. The van der Waals surface area contributed by atoms with E-state index in [9.17, 15) is 4.79 Å². The van der Waals surface area contributed by atoms with Crippen molar-refractivity contribution in [1.29, 1.82) is 0 Å². The first-order valence-corrected chi connectivity index (χ1v) is 5.64. The number of hydrogen-bond donors (Lipinski definition) is 3. The lowest BCUT2D eigenvalue weighted by molar-refractivity contribution is -0.131. The Labute approximate surface area is 103 Å². The van der Waals surface area contributed by atoms with Gasteiger partial charge in [-0.25, -0.2) is 0 Å². The first-order valence-electron chi connectivity index (χ1n) is 5.64. The van der Waals surface area contributed by atoms with E-state index < -0.39 is 5.41 Å². The largest absolute Gasteiger partial charge is 0.409 e. The average molecular weight is 253 g/mol. The molecule has 0 unspecified atom stereocenters. The first kappa shape index (κ1) is 12.3. The fourth-order valence-corrected chi connectivity index (χ4v) is 1.97. The highest BCUT2D eigenvalue weighted by Crippen LogP contribution is 2.41. The molecule has 1 aromatic heterocycles. The number of aryl methyl sites for hydroxylation is 1. The minimum atomic E-state index is -0.881. The molecule has 4 N–H and O–H groups in total. The molecule has 0 radical (unpaired) electrons. The van der Waals surface area contributed by atoms with Crippen LogP contribution in [-0.4, -0.2) is 27.1 Å². The molecule has 1 aliphatic rings. The zero-order valence-electron chi connectivity index (χ0n) is 10.0. The lowest BCUT2D eigenvalue weighted by atomic mass is 9.67. The van der Waals surface area contributed by atoms with Gasteiger partial charge in [-0.2, -0.15) is 4.98 Å². The van der Waals surface area contributed by atoms with Gasteiger partial charge in [0.15, 0.2) is 11.7 Å². The molecule has 0 saturated heterocycles. The molecular formula is C10H15N5O3. The van der Waals surface area contributed by atoms with Crippen molar-refractivity contribution in [3.8, 4) is 0 Å². The summed E-state index contributed by atoms with van der Waals surface area (Å²) >= 11 is 0. The second-order valence-electron chi connectivity index (χ2n) is 4.33. The summed E-state index contributed by atoms with van der Waals surface area (Å²) in [6.45, 7) is 1.83. The van der Waals surface area contributed by atoms with Crippen molar-refractivity contribution in [3.05, 3.63) is 11.7 Å². The molecule has 98 valence electrons. The van der Waals surface area contributed by atoms with Crippen LogP contribution in [0.1, 0.15) is 31.0 Å². The molecule has 1 aliphatic carbocycles. The van der Waals surface area contributed by atoms with Crippen molar-refractivity contribution < 1.29 is 14.5 Å². The molecule has 18 heavy (non-hydrogen) atoms. The third kappa shape index (κ3) is 2.01. The Balaban J connectivity index is 1.99. The number of nitrogens with two attached hydrogens (primary N) is 1. The average Bonchev–Trinajstić information content (AvgIpc) is 2.70. The zero-order chi connectivity index (χ0) is 13.2. The van der Waals surface area contributed by atoms with Gasteiger partial charge in [0.1, 0.15) is 5.41 Å². The molecule has 0 spiro atoms. The number of amidine groups is 1. The highest BCUT2D eigenvalue weighted by molar-refractivity contribution is 6.07. The van der Waals surface area contributed by atoms with Crippen molar-refractivity contribution in [2.24, 2.45) is 16.3 Å². The summed E-state index contributed by atoms with van der Waals surface area (Å²) in [6.07, 6.45) is 2.05. The van der Waals surface area contributed by atoms with Crippen LogP contribution in [0.25, 0.3) is 0 Å². The number of oxime groups is 1. The van der Waals surface area contributed by atoms with E-state index in [1.165, 1.54) is 0 Å². The number of rotatable bonds is 4. The van der Waals surface area contributed by atoms with E-state index in [1.807, 2.05) is 0 Å². The molecule has 8 heteroatoms. The minimum Gasteiger partial charge on any atom is -0.409 e. The Morgan fingerprint density at radius 2 is 2.39 bits per heavy atom. The maximum Gasteiger partial charge on any atom is 0.234 e. The zero-order valence-corrected chi connectivity index (χ0v) is 10.0. The van der Waals surface area contributed by atoms with Crippen LogP contribution in [-0.2, 0) is 11.3 Å². The van der Waals surface area contributed by atoms with E-state index in [0.717, 1.165) is 6.42 Å². The number of aromatic nitrogens is 2. The molecule has 1 fully saturated rings. The predicted octanol–water partition coefficient (Wildman–Crippen LogP) is -0.0891. The normalized spacial score (nSPS) is 18.2. The molecule has 0 aromatic carbocycles. The number of carbonyl (C=O) groups excluding carboxylic acids is 1. The maximum atomic E-state index is 12.1. The molecule has 0 aliphatic heterocycles. The van der Waals surface area contributed by atoms with Crippen molar-refractivity contribution in [3.63, 3.8) is 0 Å². The maximum absolute atomic E-state index is 12.1. The lowest BCUT2D eigenvalue weighted by Gasteiger charge is -2.38. The molecule has 1 saturated carbocycles. The monoisotopic (exact) mass is 253 g/mol. The van der Waals surface area contributed by atoms with Crippen molar-refractivity contribution in [2.45, 2.75) is 32.7 Å². The van der Waals surface area contributed by atoms with Crippen LogP contribution in [0.4, 0.5) is 0 Å². The third-order valence-electron chi connectivity index (χ3n) is 3.22. The fraction of sp³-hybridized carbons (Fsp3) is 0.600. The summed E-state index contributed by atoms with van der Waals surface area (Å²) in [5.41, 5.74) is 4.70. The van der Waals surface area contributed by atoms with Crippen molar-refractivity contribution >= 4 is 11.7 Å². The van der Waals surface area contributed by atoms with Crippen molar-refractivity contribution in [1.82, 2.24) is 15.5 Å². The van der Waals surface area contributed by atoms with Crippen molar-refractivity contribution in [2.75, 3.05) is 0 Å². The quantitative estimate of drug-likeness (QED) is 0.298. The fourth-order valence-electron chi connectivity index (χ4n) is 1.97. The van der Waals surface area contributed by atoms with Gasteiger partial charge in [0.25, 0.3) is 0 Å². The minimum absolute atomic E-state index is 0.0458. The van der Waals surface area contributed by atoms with Gasteiger partial charge >= 0.3 is 0 Å². The molecule has 8 nitrogen and oxygen atoms in total. The standard InChI is InChI=1S/C10H15N5O3/c1-6-13-7(15-18-6)5-12-9(16)10(3-2-4-10)8(11)14-17/h17H,2-5H2,1H3,(H2,11,14)(H,12,16). The Morgan fingerprint density at radius 3 is 2.83 bits per heavy atom. The summed E-state index contributed by atoms with van der Waals surface area (Å²) in [7, 11) is 0. The second kappa shape index (κ2) is 4.63. The van der Waals surface area contributed by atoms with Crippen LogP contribution < -0.4 is 11.1 Å². The smallest absolute Gasteiger partial charge is 0.234 e. The molecule has 0 bridgehead atoms. The Morgan fingerprint density at radius 1 is 1.67 bits per heavy atom. The van der Waals surface area contributed by atoms with Gasteiger partial charge in [-0.1, -0.05) is 16.7 Å². The number of amides is 1. The van der Waals surface area contributed by atoms with Crippen LogP contribution in [0.2, 0.25) is 0 Å². The number of hydrogen-bond acceptors (Lipinski definition) is 6. The summed E-state index contributed by atoms with van der Waals surface area (Å²) in [6, 6.07) is 0. The summed E-state index contributed by atoms with van der Waals surface area (Å²) in [5.74, 6) is 0.519. The summed E-state index contributed by atoms with van der Waals surface area (Å²) in [4.78, 5) is 16.0. The predicted molar refractivity (Wildman–Crippen MR) is 60.6 cm³/mol. The third-order valence-corrected chi connectivity index (χ3v) is 3.22. The molecular weight excluding hydrogens is 238 g/mol. The van der Waals surface area contributed by atoms with E-state index in [-0.39, 0.29) is 18.3 Å². The van der Waals surface area contributed by atoms with Gasteiger partial charge in [0, 0.05) is 6.92 Å². The van der Waals surface area contributed by atoms with Gasteiger partial charge in [-0.05, 0) is 12.8 Å². The van der Waals surface area contributed by atoms with E-state index in [4.69, 9.17) is 15.5 Å². The van der Waals surface area contributed by atoms with Gasteiger partial charge in [0.2, 0.25) is 11.8 Å². The molecule has 1 amide bonds. The Hall–Kier alpha value is -2.12. The molecule has 0 atom stereocenters. The van der Waals surface area contributed by atoms with E-state index in [2.05, 4.69) is 20.6 Å². The summed E-state index contributed by atoms with van der Waals surface area (Å²) in [5, 5.41) is 18.0. The number of nitrogens with zero attached hydrogens (tertiary/aromatic N) is 3. The Bertz CT molecular complexity index is 478. The van der Waals surface area contributed by atoms with Gasteiger partial charge < -0.3 is 20.8 Å². The van der Waals surface area contributed by atoms with Gasteiger partial charge in [-0.3, -0.25) is 4.79 Å². The lowest BCUT2D eigenvalue weighted by Crippen LogP contribution is -2.53. The van der Waals surface area contributed by atoms with E-state index >= 15 is 0 Å². The van der Waals surface area contributed by atoms with Gasteiger partial charge in [-0.15, -0.1) is 0 Å². The first-order chi connectivity index (χ1) is 8.58. The van der Waals surface area contributed by atoms with Crippen LogP contribution in [0.3, 0.4) is 0 Å². The second-order valence-corrected chi connectivity index (χ2v) is 4.33. The molecule has 1 aromatic rings. The molecule has 2 rings (SSSR count). The molecule has 1 heterocycles. The van der Waals surface area contributed by atoms with Crippen LogP contribution in [0, 0.1) is 12.3 Å². The number of nitrogens with one attached hydrogen (secondary N) is 1. The SMILES string of the molecule is Cc1nc(CNC(=O)C2(C(N)=NO)CCC2)no1. The van der Waals surface area contributed by atoms with Crippen LogP contribution >= 0.6 is 0 Å². The van der Waals surface area contributed by atoms with Crippen LogP contribution in [0.15, 0.2) is 9.68 Å². The summed E-state index contributed by atoms with van der Waals surface area (Å²) < 4.78 is 4.79. The van der Waals surface area contributed by atoms with Gasteiger partial charge in [0.05, 0.1) is 6.54 Å². The van der Waals surface area contributed by atoms with Crippen LogP contribution in [0.5, 0.6) is 0 Å². The van der Waals surface area contributed by atoms with E-state index in [1.54, 1.807) is 6.92 Å². The highest BCUT2D eigenvalue weighted by Gasteiger charge is 2.48.